The smallest absolute Gasteiger partial charge is 0.222 e. The van der Waals surface area contributed by atoms with E-state index in [1.54, 1.807) is 0 Å². The van der Waals surface area contributed by atoms with Crippen LogP contribution in [0.2, 0.25) is 0 Å². The van der Waals surface area contributed by atoms with Gasteiger partial charge in [0.25, 0.3) is 0 Å². The van der Waals surface area contributed by atoms with E-state index >= 15 is 0 Å². The SMILES string of the molecule is SCCNc1ncc(-c2ccccc2)cn1. The average Bonchev–Trinajstić information content (AvgIpc) is 2.38. The Hall–Kier alpha value is -1.55. The van der Waals surface area contributed by atoms with Gasteiger partial charge in [-0.2, -0.15) is 12.6 Å². The highest BCUT2D eigenvalue weighted by atomic mass is 32.1. The molecule has 4 heteroatoms. The van der Waals surface area contributed by atoms with Gasteiger partial charge in [0.05, 0.1) is 0 Å². The van der Waals surface area contributed by atoms with Crippen molar-refractivity contribution in [1.82, 2.24) is 9.97 Å². The lowest BCUT2D eigenvalue weighted by atomic mass is 10.1. The first-order valence-electron chi connectivity index (χ1n) is 5.12. The molecule has 0 aliphatic carbocycles. The fourth-order valence-corrected chi connectivity index (χ4v) is 1.48. The van der Waals surface area contributed by atoms with Crippen LogP contribution in [0.1, 0.15) is 0 Å². The van der Waals surface area contributed by atoms with Crippen LogP contribution in [0.4, 0.5) is 5.95 Å². The van der Waals surface area contributed by atoms with Gasteiger partial charge in [0.15, 0.2) is 0 Å². The third kappa shape index (κ3) is 2.73. The van der Waals surface area contributed by atoms with Gasteiger partial charge >= 0.3 is 0 Å². The molecule has 82 valence electrons. The Morgan fingerprint density at radius 2 is 1.69 bits per heavy atom. The summed E-state index contributed by atoms with van der Waals surface area (Å²) in [5.41, 5.74) is 2.15. The molecule has 1 heterocycles. The standard InChI is InChI=1S/C12H13N3S/c16-7-6-13-12-14-8-11(9-15-12)10-4-2-1-3-5-10/h1-5,8-9,16H,6-7H2,(H,13,14,15). The van der Waals surface area contributed by atoms with Gasteiger partial charge in [-0.1, -0.05) is 30.3 Å². The Bertz CT molecular complexity index is 428. The Labute approximate surface area is 100 Å². The maximum atomic E-state index is 4.24. The van der Waals surface area contributed by atoms with E-state index in [0.29, 0.717) is 5.95 Å². The molecule has 3 nitrogen and oxygen atoms in total. The first kappa shape index (κ1) is 11.0. The summed E-state index contributed by atoms with van der Waals surface area (Å²) < 4.78 is 0. The van der Waals surface area contributed by atoms with E-state index in [0.717, 1.165) is 23.4 Å². The number of nitrogens with zero attached hydrogens (tertiary/aromatic N) is 2. The van der Waals surface area contributed by atoms with Gasteiger partial charge in [0, 0.05) is 30.3 Å². The van der Waals surface area contributed by atoms with Crippen LogP contribution in [0, 0.1) is 0 Å². The van der Waals surface area contributed by atoms with Gasteiger partial charge < -0.3 is 5.32 Å². The lowest BCUT2D eigenvalue weighted by Crippen LogP contribution is -2.05. The topological polar surface area (TPSA) is 37.8 Å². The van der Waals surface area contributed by atoms with Crippen LogP contribution in [0.5, 0.6) is 0 Å². The molecule has 0 amide bonds. The molecule has 0 saturated heterocycles. The number of anilines is 1. The van der Waals surface area contributed by atoms with Gasteiger partial charge in [0.1, 0.15) is 0 Å². The fraction of sp³-hybridized carbons (Fsp3) is 0.167. The highest BCUT2D eigenvalue weighted by molar-refractivity contribution is 7.80. The molecule has 1 aromatic heterocycles. The molecule has 1 aromatic carbocycles. The van der Waals surface area contributed by atoms with Gasteiger partial charge in [-0.3, -0.25) is 0 Å². The van der Waals surface area contributed by atoms with Gasteiger partial charge in [-0.15, -0.1) is 0 Å². The molecule has 16 heavy (non-hydrogen) atoms. The lowest BCUT2D eigenvalue weighted by molar-refractivity contribution is 1.09. The number of rotatable bonds is 4. The van der Waals surface area contributed by atoms with Gasteiger partial charge in [-0.05, 0) is 5.56 Å². The molecule has 0 unspecified atom stereocenters. The van der Waals surface area contributed by atoms with Gasteiger partial charge in [0.2, 0.25) is 5.95 Å². The summed E-state index contributed by atoms with van der Waals surface area (Å²) in [6.45, 7) is 0.772. The molecule has 2 rings (SSSR count). The van der Waals surface area contributed by atoms with Crippen molar-refractivity contribution in [2.24, 2.45) is 0 Å². The summed E-state index contributed by atoms with van der Waals surface area (Å²) in [6, 6.07) is 10.1. The predicted octanol–water partition coefficient (Wildman–Crippen LogP) is 2.49. The Morgan fingerprint density at radius 1 is 1.00 bits per heavy atom. The van der Waals surface area contributed by atoms with E-state index in [9.17, 15) is 0 Å². The van der Waals surface area contributed by atoms with E-state index in [1.165, 1.54) is 0 Å². The molecule has 0 radical (unpaired) electrons. The molecule has 0 spiro atoms. The summed E-state index contributed by atoms with van der Waals surface area (Å²) >= 11 is 4.11. The Morgan fingerprint density at radius 3 is 2.31 bits per heavy atom. The van der Waals surface area contributed by atoms with Crippen LogP contribution in [0.25, 0.3) is 11.1 Å². The van der Waals surface area contributed by atoms with Crippen molar-refractivity contribution < 1.29 is 0 Å². The van der Waals surface area contributed by atoms with Crippen LogP contribution in [-0.2, 0) is 0 Å². The summed E-state index contributed by atoms with van der Waals surface area (Å²) in [6.07, 6.45) is 3.65. The largest absolute Gasteiger partial charge is 0.353 e. The highest BCUT2D eigenvalue weighted by Gasteiger charge is 1.98. The maximum absolute atomic E-state index is 4.24. The van der Waals surface area contributed by atoms with Crippen molar-refractivity contribution in [3.05, 3.63) is 42.7 Å². The number of thiol groups is 1. The number of hydrogen-bond acceptors (Lipinski definition) is 4. The van der Waals surface area contributed by atoms with Crippen molar-refractivity contribution in [2.45, 2.75) is 0 Å². The maximum Gasteiger partial charge on any atom is 0.222 e. The van der Waals surface area contributed by atoms with E-state index in [2.05, 4.69) is 27.9 Å². The second-order valence-corrected chi connectivity index (χ2v) is 3.76. The normalized spacial score (nSPS) is 10.1. The summed E-state index contributed by atoms with van der Waals surface area (Å²) in [4.78, 5) is 8.47. The Kier molecular flexibility index (Phi) is 3.77. The lowest BCUT2D eigenvalue weighted by Gasteiger charge is -2.03. The second kappa shape index (κ2) is 5.51. The van der Waals surface area contributed by atoms with E-state index in [1.807, 2.05) is 42.7 Å². The number of nitrogens with one attached hydrogen (secondary N) is 1. The van der Waals surface area contributed by atoms with Crippen LogP contribution in [0.15, 0.2) is 42.7 Å². The van der Waals surface area contributed by atoms with Crippen LogP contribution in [-0.4, -0.2) is 22.3 Å². The molecule has 0 fully saturated rings. The fourth-order valence-electron chi connectivity index (χ4n) is 1.37. The summed E-state index contributed by atoms with van der Waals surface area (Å²) in [5.74, 6) is 1.41. The minimum absolute atomic E-state index is 0.647. The molecule has 0 atom stereocenters. The van der Waals surface area contributed by atoms with E-state index < -0.39 is 0 Å². The third-order valence-electron chi connectivity index (χ3n) is 2.15. The van der Waals surface area contributed by atoms with E-state index in [-0.39, 0.29) is 0 Å². The zero-order valence-electron chi connectivity index (χ0n) is 8.80. The molecule has 1 N–H and O–H groups in total. The molecule has 0 aliphatic rings. The minimum Gasteiger partial charge on any atom is -0.353 e. The van der Waals surface area contributed by atoms with Crippen molar-refractivity contribution in [3.8, 4) is 11.1 Å². The average molecular weight is 231 g/mol. The first-order chi connectivity index (χ1) is 7.90. The van der Waals surface area contributed by atoms with Crippen molar-refractivity contribution >= 4 is 18.6 Å². The van der Waals surface area contributed by atoms with Crippen molar-refractivity contribution in [2.75, 3.05) is 17.6 Å². The minimum atomic E-state index is 0.647. The van der Waals surface area contributed by atoms with Crippen molar-refractivity contribution in [3.63, 3.8) is 0 Å². The quantitative estimate of drug-likeness (QED) is 0.794. The van der Waals surface area contributed by atoms with Crippen LogP contribution >= 0.6 is 12.6 Å². The molecule has 2 aromatic rings. The van der Waals surface area contributed by atoms with Gasteiger partial charge in [-0.25, -0.2) is 9.97 Å². The second-order valence-electron chi connectivity index (χ2n) is 3.31. The van der Waals surface area contributed by atoms with Crippen LogP contribution < -0.4 is 5.32 Å². The molecular weight excluding hydrogens is 218 g/mol. The zero-order valence-corrected chi connectivity index (χ0v) is 9.69. The predicted molar refractivity (Wildman–Crippen MR) is 69.8 cm³/mol. The summed E-state index contributed by atoms with van der Waals surface area (Å²) in [7, 11) is 0. The Balaban J connectivity index is 2.13. The molecular formula is C12H13N3S. The number of hydrogen-bond donors (Lipinski definition) is 2. The first-order valence-corrected chi connectivity index (χ1v) is 5.75. The molecule has 0 bridgehead atoms. The zero-order chi connectivity index (χ0) is 11.2. The van der Waals surface area contributed by atoms with Crippen molar-refractivity contribution in [1.29, 1.82) is 0 Å². The van der Waals surface area contributed by atoms with E-state index in [4.69, 9.17) is 0 Å². The monoisotopic (exact) mass is 231 g/mol. The summed E-state index contributed by atoms with van der Waals surface area (Å²) in [5, 5.41) is 3.07. The molecule has 0 aliphatic heterocycles. The number of benzene rings is 1. The number of aromatic nitrogens is 2. The highest BCUT2D eigenvalue weighted by Crippen LogP contribution is 2.16. The molecule has 0 saturated carbocycles. The third-order valence-corrected chi connectivity index (χ3v) is 2.38. The van der Waals surface area contributed by atoms with Crippen LogP contribution in [0.3, 0.4) is 0 Å².